The first-order valence-corrected chi connectivity index (χ1v) is 8.47. The van der Waals surface area contributed by atoms with Crippen molar-refractivity contribution in [2.45, 2.75) is 33.4 Å². The Labute approximate surface area is 139 Å². The summed E-state index contributed by atoms with van der Waals surface area (Å²) in [5.74, 6) is -0.255. The maximum absolute atomic E-state index is 12.7. The summed E-state index contributed by atoms with van der Waals surface area (Å²) >= 11 is 1.39. The van der Waals surface area contributed by atoms with Gasteiger partial charge >= 0.3 is 0 Å². The summed E-state index contributed by atoms with van der Waals surface area (Å²) in [4.78, 5) is 31.3. The van der Waals surface area contributed by atoms with Crippen molar-refractivity contribution in [3.63, 3.8) is 0 Å². The average Bonchev–Trinajstić information content (AvgIpc) is 3.04. The third kappa shape index (κ3) is 2.99. The first-order valence-electron chi connectivity index (χ1n) is 7.59. The van der Waals surface area contributed by atoms with Gasteiger partial charge in [-0.25, -0.2) is 4.98 Å². The van der Waals surface area contributed by atoms with Gasteiger partial charge in [-0.1, -0.05) is 32.0 Å². The van der Waals surface area contributed by atoms with E-state index in [0.29, 0.717) is 17.2 Å². The first kappa shape index (κ1) is 15.7. The minimum Gasteiger partial charge on any atom is -0.322 e. The molecule has 120 valence electrons. The summed E-state index contributed by atoms with van der Waals surface area (Å²) in [7, 11) is 0. The lowest BCUT2D eigenvalue weighted by molar-refractivity contribution is -0.122. The lowest BCUT2D eigenvalue weighted by Gasteiger charge is -2.29. The monoisotopic (exact) mass is 329 g/mol. The summed E-state index contributed by atoms with van der Waals surface area (Å²) in [5.41, 5.74) is 2.54. The van der Waals surface area contributed by atoms with E-state index in [9.17, 15) is 9.59 Å². The van der Waals surface area contributed by atoms with E-state index in [-0.39, 0.29) is 17.7 Å². The summed E-state index contributed by atoms with van der Waals surface area (Å²) < 4.78 is 0. The second-order valence-electron chi connectivity index (χ2n) is 6.06. The van der Waals surface area contributed by atoms with Gasteiger partial charge in [0.25, 0.3) is 5.91 Å². The molecule has 3 rings (SSSR count). The number of hydrogen-bond donors (Lipinski definition) is 1. The van der Waals surface area contributed by atoms with E-state index >= 15 is 0 Å². The third-order valence-corrected chi connectivity index (χ3v) is 4.81. The van der Waals surface area contributed by atoms with Crippen LogP contribution in [0.3, 0.4) is 0 Å². The molecule has 5 nitrogen and oxygen atoms in total. The lowest BCUT2D eigenvalue weighted by Crippen LogP contribution is -2.47. The topological polar surface area (TPSA) is 62.3 Å². The summed E-state index contributed by atoms with van der Waals surface area (Å²) in [6, 6.07) is 7.00. The van der Waals surface area contributed by atoms with Gasteiger partial charge in [-0.3, -0.25) is 9.59 Å². The van der Waals surface area contributed by atoms with Crippen LogP contribution in [0.25, 0.3) is 0 Å². The molecule has 0 spiro atoms. The largest absolute Gasteiger partial charge is 0.322 e. The number of rotatable bonds is 4. The maximum Gasteiger partial charge on any atom is 0.255 e. The minimum atomic E-state index is -0.515. The van der Waals surface area contributed by atoms with Crippen LogP contribution in [0.2, 0.25) is 0 Å². The normalized spacial score (nSPS) is 15.0. The highest BCUT2D eigenvalue weighted by atomic mass is 32.1. The van der Waals surface area contributed by atoms with Crippen molar-refractivity contribution < 1.29 is 9.59 Å². The molecule has 6 heteroatoms. The van der Waals surface area contributed by atoms with Gasteiger partial charge in [0, 0.05) is 17.5 Å². The molecule has 0 fully saturated rings. The molecule has 2 aromatic rings. The standard InChI is InChI=1S/C17H19N3O2S/c1-10(2)14(15(21)19-17-18-11(3)9-23-17)20-8-12-6-4-5-7-13(12)16(20)22/h4-7,9-10,14H,8H2,1-3H3,(H,18,19,21)/t14-/m0/s1. The molecule has 0 saturated heterocycles. The molecule has 2 amide bonds. The van der Waals surface area contributed by atoms with Gasteiger partial charge < -0.3 is 10.2 Å². The number of benzene rings is 1. The number of aromatic nitrogens is 1. The minimum absolute atomic E-state index is 0.00863. The van der Waals surface area contributed by atoms with Crippen molar-refractivity contribution in [1.29, 1.82) is 0 Å². The summed E-state index contributed by atoms with van der Waals surface area (Å²) in [6.07, 6.45) is 0. The molecule has 1 atom stereocenters. The number of nitrogens with one attached hydrogen (secondary N) is 1. The fraction of sp³-hybridized carbons (Fsp3) is 0.353. The number of fused-ring (bicyclic) bond motifs is 1. The van der Waals surface area contributed by atoms with Crippen LogP contribution in [-0.4, -0.2) is 27.7 Å². The highest BCUT2D eigenvalue weighted by molar-refractivity contribution is 7.13. The van der Waals surface area contributed by atoms with Crippen LogP contribution in [0.1, 0.15) is 35.5 Å². The summed E-state index contributed by atoms with van der Waals surface area (Å²) in [6.45, 7) is 6.26. The molecule has 1 N–H and O–H groups in total. The highest BCUT2D eigenvalue weighted by Gasteiger charge is 2.38. The molecule has 2 heterocycles. The van der Waals surface area contributed by atoms with Gasteiger partial charge in [-0.15, -0.1) is 11.3 Å². The number of anilines is 1. The van der Waals surface area contributed by atoms with Gasteiger partial charge in [0.05, 0.1) is 5.69 Å². The van der Waals surface area contributed by atoms with Crippen molar-refractivity contribution in [3.05, 3.63) is 46.5 Å². The molecule has 1 aliphatic heterocycles. The van der Waals surface area contributed by atoms with E-state index in [1.807, 2.05) is 50.4 Å². The number of amides is 2. The van der Waals surface area contributed by atoms with Crippen LogP contribution in [-0.2, 0) is 11.3 Å². The van der Waals surface area contributed by atoms with Gasteiger partial charge in [-0.2, -0.15) is 0 Å². The Hall–Kier alpha value is -2.21. The Bertz CT molecular complexity index is 754. The van der Waals surface area contributed by atoms with E-state index in [1.54, 1.807) is 4.90 Å². The zero-order valence-corrected chi connectivity index (χ0v) is 14.2. The van der Waals surface area contributed by atoms with Gasteiger partial charge in [-0.05, 0) is 24.5 Å². The van der Waals surface area contributed by atoms with Crippen molar-refractivity contribution >= 4 is 28.3 Å². The van der Waals surface area contributed by atoms with Crippen molar-refractivity contribution in [2.75, 3.05) is 5.32 Å². The highest BCUT2D eigenvalue weighted by Crippen LogP contribution is 2.28. The van der Waals surface area contributed by atoms with E-state index in [0.717, 1.165) is 11.3 Å². The smallest absolute Gasteiger partial charge is 0.255 e. The zero-order chi connectivity index (χ0) is 16.6. The number of carbonyl (C=O) groups is 2. The van der Waals surface area contributed by atoms with Crippen molar-refractivity contribution in [1.82, 2.24) is 9.88 Å². The summed E-state index contributed by atoms with van der Waals surface area (Å²) in [5, 5.41) is 5.30. The Balaban J connectivity index is 1.83. The second kappa shape index (κ2) is 6.12. The third-order valence-electron chi connectivity index (χ3n) is 3.93. The molecule has 0 aliphatic carbocycles. The van der Waals surface area contributed by atoms with Crippen LogP contribution in [0.4, 0.5) is 5.13 Å². The molecular formula is C17H19N3O2S. The number of aryl methyl sites for hydroxylation is 1. The number of hydrogen-bond acceptors (Lipinski definition) is 4. The van der Waals surface area contributed by atoms with Gasteiger partial charge in [0.1, 0.15) is 6.04 Å². The molecule has 0 bridgehead atoms. The van der Waals surface area contributed by atoms with Gasteiger partial charge in [0.2, 0.25) is 5.91 Å². The Kier molecular flexibility index (Phi) is 4.17. The Morgan fingerprint density at radius 1 is 1.35 bits per heavy atom. The average molecular weight is 329 g/mol. The van der Waals surface area contributed by atoms with Crippen LogP contribution >= 0.6 is 11.3 Å². The van der Waals surface area contributed by atoms with Crippen LogP contribution < -0.4 is 5.32 Å². The molecule has 0 saturated carbocycles. The second-order valence-corrected chi connectivity index (χ2v) is 6.92. The SMILES string of the molecule is Cc1csc(NC(=O)[C@H](C(C)C)N2Cc3ccccc3C2=O)n1. The quantitative estimate of drug-likeness (QED) is 0.937. The number of nitrogens with zero attached hydrogens (tertiary/aromatic N) is 2. The number of thiazole rings is 1. The van der Waals surface area contributed by atoms with Crippen LogP contribution in [0.15, 0.2) is 29.6 Å². The predicted octanol–water partition coefficient (Wildman–Crippen LogP) is 3.07. The van der Waals surface area contributed by atoms with Crippen LogP contribution in [0.5, 0.6) is 0 Å². The lowest BCUT2D eigenvalue weighted by atomic mass is 10.0. The predicted molar refractivity (Wildman–Crippen MR) is 90.4 cm³/mol. The molecule has 1 aliphatic rings. The van der Waals surface area contributed by atoms with Crippen LogP contribution in [0, 0.1) is 12.8 Å². The molecule has 0 unspecified atom stereocenters. The van der Waals surface area contributed by atoms with Gasteiger partial charge in [0.15, 0.2) is 5.13 Å². The first-order chi connectivity index (χ1) is 11.0. The molecule has 23 heavy (non-hydrogen) atoms. The van der Waals surface area contributed by atoms with E-state index in [1.165, 1.54) is 11.3 Å². The zero-order valence-electron chi connectivity index (χ0n) is 13.4. The fourth-order valence-corrected chi connectivity index (χ4v) is 3.59. The number of carbonyl (C=O) groups excluding carboxylic acids is 2. The fourth-order valence-electron chi connectivity index (χ4n) is 2.90. The Morgan fingerprint density at radius 3 is 2.70 bits per heavy atom. The van der Waals surface area contributed by atoms with E-state index in [2.05, 4.69) is 10.3 Å². The Morgan fingerprint density at radius 2 is 2.09 bits per heavy atom. The molecule has 1 aromatic heterocycles. The molecule has 0 radical (unpaired) electrons. The van der Waals surface area contributed by atoms with Crippen molar-refractivity contribution in [2.24, 2.45) is 5.92 Å². The van der Waals surface area contributed by atoms with E-state index < -0.39 is 6.04 Å². The molecule has 1 aromatic carbocycles. The molecular weight excluding hydrogens is 310 g/mol. The maximum atomic E-state index is 12.7. The van der Waals surface area contributed by atoms with E-state index in [4.69, 9.17) is 0 Å². The van der Waals surface area contributed by atoms with Crippen molar-refractivity contribution in [3.8, 4) is 0 Å².